The highest BCUT2D eigenvalue weighted by molar-refractivity contribution is 14.0. The van der Waals surface area contributed by atoms with E-state index in [1.807, 2.05) is 6.07 Å². The van der Waals surface area contributed by atoms with Crippen LogP contribution < -0.4 is 15.4 Å². The third-order valence-electron chi connectivity index (χ3n) is 4.78. The minimum atomic E-state index is 0. The quantitative estimate of drug-likeness (QED) is 0.350. The molecular formula is C20H35IN4O2. The van der Waals surface area contributed by atoms with E-state index in [1.54, 1.807) is 7.11 Å². The second-order valence-corrected chi connectivity index (χ2v) is 7.26. The van der Waals surface area contributed by atoms with E-state index in [9.17, 15) is 0 Å². The number of aryl methyl sites for hydroxylation is 1. The molecule has 0 radical (unpaired) electrons. The van der Waals surface area contributed by atoms with Gasteiger partial charge < -0.3 is 20.1 Å². The first-order valence-electron chi connectivity index (χ1n) is 9.44. The molecule has 1 aromatic rings. The molecule has 0 aromatic heterocycles. The number of ether oxygens (including phenoxy) is 2. The van der Waals surface area contributed by atoms with Gasteiger partial charge in [-0.2, -0.15) is 0 Å². The van der Waals surface area contributed by atoms with Crippen LogP contribution in [0.4, 0.5) is 0 Å². The van der Waals surface area contributed by atoms with E-state index in [2.05, 4.69) is 55.4 Å². The monoisotopic (exact) mass is 490 g/mol. The van der Waals surface area contributed by atoms with Gasteiger partial charge in [0.25, 0.3) is 0 Å². The maximum absolute atomic E-state index is 5.47. The van der Waals surface area contributed by atoms with Crippen LogP contribution in [0.25, 0.3) is 0 Å². The van der Waals surface area contributed by atoms with E-state index in [0.29, 0.717) is 6.54 Å². The molecule has 7 heteroatoms. The van der Waals surface area contributed by atoms with E-state index in [0.717, 1.165) is 56.7 Å². The number of nitrogens with one attached hydrogen (secondary N) is 2. The average molecular weight is 490 g/mol. The molecule has 1 saturated heterocycles. The van der Waals surface area contributed by atoms with Crippen LogP contribution in [0, 0.1) is 6.92 Å². The summed E-state index contributed by atoms with van der Waals surface area (Å²) in [5.74, 6) is 1.76. The van der Waals surface area contributed by atoms with Gasteiger partial charge in [0.15, 0.2) is 5.96 Å². The van der Waals surface area contributed by atoms with E-state index in [1.165, 1.54) is 5.56 Å². The van der Waals surface area contributed by atoms with Crippen LogP contribution in [0.3, 0.4) is 0 Å². The predicted molar refractivity (Wildman–Crippen MR) is 122 cm³/mol. The Labute approximate surface area is 181 Å². The van der Waals surface area contributed by atoms with Crippen LogP contribution in [0.2, 0.25) is 0 Å². The summed E-state index contributed by atoms with van der Waals surface area (Å²) in [6.45, 7) is 14.6. The molecule has 0 bridgehead atoms. The van der Waals surface area contributed by atoms with Crippen molar-refractivity contribution in [2.75, 3.05) is 46.5 Å². The zero-order valence-corrected chi connectivity index (χ0v) is 19.6. The van der Waals surface area contributed by atoms with Crippen molar-refractivity contribution in [2.45, 2.75) is 39.8 Å². The second-order valence-electron chi connectivity index (χ2n) is 7.26. The highest BCUT2D eigenvalue weighted by atomic mass is 127. The summed E-state index contributed by atoms with van der Waals surface area (Å²) in [6, 6.07) is 6.20. The third-order valence-corrected chi connectivity index (χ3v) is 4.78. The second kappa shape index (κ2) is 11.7. The molecule has 1 fully saturated rings. The van der Waals surface area contributed by atoms with Gasteiger partial charge in [-0.1, -0.05) is 12.1 Å². The maximum atomic E-state index is 5.47. The number of aliphatic imine (C=N–C) groups is 1. The summed E-state index contributed by atoms with van der Waals surface area (Å²) in [6.07, 6.45) is 0. The molecule has 1 aliphatic rings. The molecule has 1 aliphatic heterocycles. The van der Waals surface area contributed by atoms with Gasteiger partial charge >= 0.3 is 0 Å². The van der Waals surface area contributed by atoms with E-state index >= 15 is 0 Å². The SMILES string of the molecule is CCNC(=NCc1ccc(OC)c(C)c1)NCC(C)(C)N1CCOCC1.I. The van der Waals surface area contributed by atoms with Gasteiger partial charge in [0.2, 0.25) is 0 Å². The molecule has 27 heavy (non-hydrogen) atoms. The lowest BCUT2D eigenvalue weighted by molar-refractivity contribution is -0.00834. The number of morpholine rings is 1. The number of hydrogen-bond acceptors (Lipinski definition) is 4. The number of rotatable bonds is 7. The molecule has 0 aliphatic carbocycles. The molecule has 2 N–H and O–H groups in total. The molecule has 2 rings (SSSR count). The summed E-state index contributed by atoms with van der Waals surface area (Å²) < 4.78 is 10.8. The lowest BCUT2D eigenvalue weighted by atomic mass is 10.0. The number of halogens is 1. The first-order chi connectivity index (χ1) is 12.5. The fraction of sp³-hybridized carbons (Fsp3) is 0.650. The summed E-state index contributed by atoms with van der Waals surface area (Å²) in [5, 5.41) is 6.83. The lowest BCUT2D eigenvalue weighted by Gasteiger charge is -2.41. The minimum absolute atomic E-state index is 0. The van der Waals surface area contributed by atoms with Crippen molar-refractivity contribution in [3.63, 3.8) is 0 Å². The Bertz CT molecular complexity index is 602. The molecule has 0 saturated carbocycles. The van der Waals surface area contributed by atoms with Gasteiger partial charge in [-0.25, -0.2) is 4.99 Å². The van der Waals surface area contributed by atoms with Gasteiger partial charge in [0.1, 0.15) is 5.75 Å². The van der Waals surface area contributed by atoms with Crippen molar-refractivity contribution < 1.29 is 9.47 Å². The van der Waals surface area contributed by atoms with Crippen molar-refractivity contribution in [1.29, 1.82) is 0 Å². The molecule has 0 amide bonds. The number of benzene rings is 1. The number of methoxy groups -OCH3 is 1. The molecule has 1 heterocycles. The smallest absolute Gasteiger partial charge is 0.191 e. The molecule has 0 atom stereocenters. The molecule has 0 spiro atoms. The number of nitrogens with zero attached hydrogens (tertiary/aromatic N) is 2. The largest absolute Gasteiger partial charge is 0.496 e. The Hall–Kier alpha value is -1.06. The topological polar surface area (TPSA) is 58.1 Å². The summed E-state index contributed by atoms with van der Waals surface area (Å²) >= 11 is 0. The predicted octanol–water partition coefficient (Wildman–Crippen LogP) is 2.79. The average Bonchev–Trinajstić information content (AvgIpc) is 2.65. The molecular weight excluding hydrogens is 455 g/mol. The highest BCUT2D eigenvalue weighted by Crippen LogP contribution is 2.19. The van der Waals surface area contributed by atoms with Gasteiger partial charge in [-0.15, -0.1) is 24.0 Å². The molecule has 154 valence electrons. The van der Waals surface area contributed by atoms with E-state index < -0.39 is 0 Å². The first kappa shape index (κ1) is 24.0. The normalized spacial score (nSPS) is 15.8. The van der Waals surface area contributed by atoms with Crippen molar-refractivity contribution in [3.8, 4) is 5.75 Å². The Kier molecular flexibility index (Phi) is 10.4. The lowest BCUT2D eigenvalue weighted by Crippen LogP contribution is -2.56. The van der Waals surface area contributed by atoms with Crippen LogP contribution in [0.5, 0.6) is 5.75 Å². The fourth-order valence-electron chi connectivity index (χ4n) is 3.13. The highest BCUT2D eigenvalue weighted by Gasteiger charge is 2.28. The zero-order chi connectivity index (χ0) is 19.0. The Morgan fingerprint density at radius 1 is 1.26 bits per heavy atom. The third kappa shape index (κ3) is 7.46. The summed E-state index contributed by atoms with van der Waals surface area (Å²) in [4.78, 5) is 7.21. The van der Waals surface area contributed by atoms with Gasteiger partial charge in [0, 0.05) is 31.7 Å². The first-order valence-corrected chi connectivity index (χ1v) is 9.44. The minimum Gasteiger partial charge on any atom is -0.496 e. The fourth-order valence-corrected chi connectivity index (χ4v) is 3.13. The van der Waals surface area contributed by atoms with E-state index in [-0.39, 0.29) is 29.5 Å². The van der Waals surface area contributed by atoms with Gasteiger partial charge in [-0.05, 0) is 44.9 Å². The van der Waals surface area contributed by atoms with Crippen molar-refractivity contribution in [3.05, 3.63) is 29.3 Å². The van der Waals surface area contributed by atoms with Gasteiger partial charge in [0.05, 0.1) is 26.9 Å². The van der Waals surface area contributed by atoms with Crippen molar-refractivity contribution in [1.82, 2.24) is 15.5 Å². The standard InChI is InChI=1S/C20H34N4O2.HI/c1-6-21-19(22-14-17-7-8-18(25-5)16(2)13-17)23-15-20(3,4)24-9-11-26-12-10-24;/h7-8,13H,6,9-12,14-15H2,1-5H3,(H2,21,22,23);1H. The Morgan fingerprint density at radius 2 is 1.96 bits per heavy atom. The maximum Gasteiger partial charge on any atom is 0.191 e. The van der Waals surface area contributed by atoms with Crippen LogP contribution in [-0.2, 0) is 11.3 Å². The van der Waals surface area contributed by atoms with Gasteiger partial charge in [-0.3, -0.25) is 4.90 Å². The van der Waals surface area contributed by atoms with E-state index in [4.69, 9.17) is 14.5 Å². The zero-order valence-electron chi connectivity index (χ0n) is 17.3. The van der Waals surface area contributed by atoms with Crippen LogP contribution in [0.1, 0.15) is 31.9 Å². The number of hydrogen-bond donors (Lipinski definition) is 2. The van der Waals surface area contributed by atoms with Crippen molar-refractivity contribution in [2.24, 2.45) is 4.99 Å². The molecule has 0 unspecified atom stereocenters. The Balaban J connectivity index is 0.00000364. The van der Waals surface area contributed by atoms with Crippen molar-refractivity contribution >= 4 is 29.9 Å². The molecule has 6 nitrogen and oxygen atoms in total. The van der Waals surface area contributed by atoms with Crippen LogP contribution in [-0.4, -0.2) is 62.9 Å². The summed E-state index contributed by atoms with van der Waals surface area (Å²) in [7, 11) is 1.70. The van der Waals surface area contributed by atoms with Crippen LogP contribution >= 0.6 is 24.0 Å². The van der Waals surface area contributed by atoms with Crippen LogP contribution in [0.15, 0.2) is 23.2 Å². The molecule has 1 aromatic carbocycles. The number of guanidine groups is 1. The Morgan fingerprint density at radius 3 is 2.56 bits per heavy atom. The summed E-state index contributed by atoms with van der Waals surface area (Å²) in [5.41, 5.74) is 2.36.